The molecule has 1 aromatic carbocycles. The summed E-state index contributed by atoms with van der Waals surface area (Å²) in [6.07, 6.45) is 2.85. The van der Waals surface area contributed by atoms with Gasteiger partial charge in [-0.05, 0) is 24.6 Å². The van der Waals surface area contributed by atoms with Crippen LogP contribution in [0, 0.1) is 6.92 Å². The molecule has 0 radical (unpaired) electrons. The van der Waals surface area contributed by atoms with Crippen LogP contribution < -0.4 is 5.32 Å². The topological polar surface area (TPSA) is 79.3 Å². The maximum Gasteiger partial charge on any atom is 0.305 e. The van der Waals surface area contributed by atoms with E-state index >= 15 is 0 Å². The molecule has 0 aliphatic heterocycles. The van der Waals surface area contributed by atoms with Crippen LogP contribution in [0.5, 0.6) is 0 Å². The molecule has 0 aliphatic rings. The van der Waals surface area contributed by atoms with Crippen molar-refractivity contribution in [3.05, 3.63) is 65.5 Å². The molecule has 108 valence electrons. The van der Waals surface area contributed by atoms with Crippen molar-refractivity contribution in [2.24, 2.45) is 0 Å². The summed E-state index contributed by atoms with van der Waals surface area (Å²) in [5.74, 6) is -1.30. The van der Waals surface area contributed by atoms with E-state index in [1.165, 1.54) is 6.20 Å². The quantitative estimate of drug-likeness (QED) is 0.883. The number of nitrogens with one attached hydrogen (secondary N) is 1. The van der Waals surface area contributed by atoms with Crippen LogP contribution in [0.15, 0.2) is 48.8 Å². The first kappa shape index (κ1) is 14.7. The van der Waals surface area contributed by atoms with Gasteiger partial charge in [-0.25, -0.2) is 0 Å². The SMILES string of the molecule is Cc1cccc(C(CC(=O)O)NC(=O)c2cccnc2)c1. The lowest BCUT2D eigenvalue weighted by Crippen LogP contribution is -2.30. The van der Waals surface area contributed by atoms with E-state index < -0.39 is 12.0 Å². The fourth-order valence-corrected chi connectivity index (χ4v) is 2.05. The summed E-state index contributed by atoms with van der Waals surface area (Å²) in [4.78, 5) is 27.1. The largest absolute Gasteiger partial charge is 0.481 e. The predicted octanol–water partition coefficient (Wildman–Crippen LogP) is 2.34. The van der Waals surface area contributed by atoms with Gasteiger partial charge in [-0.1, -0.05) is 29.8 Å². The molecule has 2 rings (SSSR count). The first-order valence-electron chi connectivity index (χ1n) is 6.55. The Morgan fingerprint density at radius 3 is 2.71 bits per heavy atom. The molecule has 1 unspecified atom stereocenters. The summed E-state index contributed by atoms with van der Waals surface area (Å²) < 4.78 is 0. The van der Waals surface area contributed by atoms with Crippen LogP contribution in [-0.2, 0) is 4.79 Å². The Kier molecular flexibility index (Phi) is 4.66. The van der Waals surface area contributed by atoms with Crippen LogP contribution >= 0.6 is 0 Å². The Morgan fingerprint density at radius 1 is 1.29 bits per heavy atom. The molecule has 5 heteroatoms. The van der Waals surface area contributed by atoms with E-state index in [9.17, 15) is 9.59 Å². The highest BCUT2D eigenvalue weighted by Crippen LogP contribution is 2.18. The number of amides is 1. The molecule has 1 heterocycles. The number of benzene rings is 1. The van der Waals surface area contributed by atoms with E-state index in [-0.39, 0.29) is 12.3 Å². The summed E-state index contributed by atoms with van der Waals surface area (Å²) in [6, 6.07) is 10.2. The standard InChI is InChI=1S/C16H16N2O3/c1-11-4-2-5-12(8-11)14(9-15(19)20)18-16(21)13-6-3-7-17-10-13/h2-8,10,14H,9H2,1H3,(H,18,21)(H,19,20). The van der Waals surface area contributed by atoms with Crippen LogP contribution in [-0.4, -0.2) is 22.0 Å². The lowest BCUT2D eigenvalue weighted by molar-refractivity contribution is -0.137. The number of hydrogen-bond donors (Lipinski definition) is 2. The van der Waals surface area contributed by atoms with Crippen LogP contribution in [0.2, 0.25) is 0 Å². The molecule has 0 saturated heterocycles. The number of aromatic nitrogens is 1. The number of carbonyl (C=O) groups is 2. The summed E-state index contributed by atoms with van der Waals surface area (Å²) in [5.41, 5.74) is 2.19. The lowest BCUT2D eigenvalue weighted by Gasteiger charge is -2.18. The number of carbonyl (C=O) groups excluding carboxylic acids is 1. The first-order valence-corrected chi connectivity index (χ1v) is 6.55. The number of carboxylic acid groups (broad SMARTS) is 1. The van der Waals surface area contributed by atoms with Crippen molar-refractivity contribution in [1.82, 2.24) is 10.3 Å². The third-order valence-corrected chi connectivity index (χ3v) is 3.05. The second kappa shape index (κ2) is 6.65. The number of rotatable bonds is 5. The van der Waals surface area contributed by atoms with Crippen LogP contribution in [0.25, 0.3) is 0 Å². The summed E-state index contributed by atoms with van der Waals surface area (Å²) in [5, 5.41) is 11.8. The zero-order valence-electron chi connectivity index (χ0n) is 11.6. The predicted molar refractivity (Wildman–Crippen MR) is 77.9 cm³/mol. The molecule has 0 spiro atoms. The molecule has 0 bridgehead atoms. The zero-order chi connectivity index (χ0) is 15.2. The fourth-order valence-electron chi connectivity index (χ4n) is 2.05. The average molecular weight is 284 g/mol. The molecule has 0 saturated carbocycles. The van der Waals surface area contributed by atoms with Gasteiger partial charge in [0.25, 0.3) is 5.91 Å². The summed E-state index contributed by atoms with van der Waals surface area (Å²) in [6.45, 7) is 1.92. The van der Waals surface area contributed by atoms with E-state index in [0.29, 0.717) is 5.56 Å². The molecule has 0 aliphatic carbocycles. The van der Waals surface area contributed by atoms with Gasteiger partial charge in [-0.2, -0.15) is 0 Å². The van der Waals surface area contributed by atoms with Crippen molar-refractivity contribution in [3.63, 3.8) is 0 Å². The van der Waals surface area contributed by atoms with Gasteiger partial charge in [-0.15, -0.1) is 0 Å². The lowest BCUT2D eigenvalue weighted by atomic mass is 10.0. The number of hydrogen-bond acceptors (Lipinski definition) is 3. The van der Waals surface area contributed by atoms with Gasteiger partial charge in [0.2, 0.25) is 0 Å². The van der Waals surface area contributed by atoms with Gasteiger partial charge < -0.3 is 10.4 Å². The van der Waals surface area contributed by atoms with Gasteiger partial charge >= 0.3 is 5.97 Å². The Hall–Kier alpha value is -2.69. The van der Waals surface area contributed by atoms with Gasteiger partial charge in [0.1, 0.15) is 0 Å². The normalized spacial score (nSPS) is 11.7. The highest BCUT2D eigenvalue weighted by atomic mass is 16.4. The third-order valence-electron chi connectivity index (χ3n) is 3.05. The van der Waals surface area contributed by atoms with Crippen molar-refractivity contribution in [2.75, 3.05) is 0 Å². The maximum atomic E-state index is 12.2. The van der Waals surface area contributed by atoms with Crippen molar-refractivity contribution < 1.29 is 14.7 Å². The monoisotopic (exact) mass is 284 g/mol. The number of aliphatic carboxylic acids is 1. The van der Waals surface area contributed by atoms with Gasteiger partial charge in [0.15, 0.2) is 0 Å². The van der Waals surface area contributed by atoms with E-state index in [2.05, 4.69) is 10.3 Å². The summed E-state index contributed by atoms with van der Waals surface area (Å²) >= 11 is 0. The van der Waals surface area contributed by atoms with Gasteiger partial charge in [0, 0.05) is 12.4 Å². The molecule has 1 amide bonds. The number of carboxylic acids is 1. The maximum absolute atomic E-state index is 12.2. The Morgan fingerprint density at radius 2 is 2.10 bits per heavy atom. The number of nitrogens with zero attached hydrogens (tertiary/aromatic N) is 1. The molecular formula is C16H16N2O3. The molecule has 0 fully saturated rings. The van der Waals surface area contributed by atoms with Crippen molar-refractivity contribution >= 4 is 11.9 Å². The van der Waals surface area contributed by atoms with E-state index in [4.69, 9.17) is 5.11 Å². The minimum atomic E-state index is -0.965. The van der Waals surface area contributed by atoms with Crippen molar-refractivity contribution in [3.8, 4) is 0 Å². The molecule has 1 aromatic heterocycles. The highest BCUT2D eigenvalue weighted by Gasteiger charge is 2.19. The number of aryl methyl sites for hydroxylation is 1. The molecule has 2 N–H and O–H groups in total. The van der Waals surface area contributed by atoms with Crippen LogP contribution in [0.3, 0.4) is 0 Å². The van der Waals surface area contributed by atoms with Crippen molar-refractivity contribution in [2.45, 2.75) is 19.4 Å². The molecular weight excluding hydrogens is 268 g/mol. The summed E-state index contributed by atoms with van der Waals surface area (Å²) in [7, 11) is 0. The molecule has 2 aromatic rings. The second-order valence-corrected chi connectivity index (χ2v) is 4.78. The number of pyridine rings is 1. The molecule has 5 nitrogen and oxygen atoms in total. The third kappa shape index (κ3) is 4.14. The molecule has 21 heavy (non-hydrogen) atoms. The minimum Gasteiger partial charge on any atom is -0.481 e. The fraction of sp³-hybridized carbons (Fsp3) is 0.188. The van der Waals surface area contributed by atoms with Gasteiger partial charge in [0.05, 0.1) is 18.0 Å². The van der Waals surface area contributed by atoms with E-state index in [1.54, 1.807) is 18.3 Å². The van der Waals surface area contributed by atoms with Gasteiger partial charge in [-0.3, -0.25) is 14.6 Å². The molecule has 1 atom stereocenters. The highest BCUT2D eigenvalue weighted by molar-refractivity contribution is 5.94. The Bertz CT molecular complexity index is 641. The smallest absolute Gasteiger partial charge is 0.305 e. The minimum absolute atomic E-state index is 0.171. The Labute approximate surface area is 122 Å². The van der Waals surface area contributed by atoms with Crippen molar-refractivity contribution in [1.29, 1.82) is 0 Å². The Balaban J connectivity index is 2.21. The van der Waals surface area contributed by atoms with E-state index in [0.717, 1.165) is 11.1 Å². The zero-order valence-corrected chi connectivity index (χ0v) is 11.6. The second-order valence-electron chi connectivity index (χ2n) is 4.78. The van der Waals surface area contributed by atoms with E-state index in [1.807, 2.05) is 31.2 Å². The average Bonchev–Trinajstić information content (AvgIpc) is 2.47. The van der Waals surface area contributed by atoms with Crippen LogP contribution in [0.4, 0.5) is 0 Å². The first-order chi connectivity index (χ1) is 10.1. The van der Waals surface area contributed by atoms with Crippen LogP contribution in [0.1, 0.15) is 33.9 Å².